The molecule has 0 atom stereocenters. The van der Waals surface area contributed by atoms with Crippen molar-refractivity contribution in [3.63, 3.8) is 0 Å². The number of carbonyl (C=O) groups excluding carboxylic acids is 1. The predicted molar refractivity (Wildman–Crippen MR) is 102 cm³/mol. The topological polar surface area (TPSA) is 89.7 Å². The van der Waals surface area contributed by atoms with Crippen LogP contribution < -0.4 is 4.90 Å². The van der Waals surface area contributed by atoms with E-state index >= 15 is 0 Å². The van der Waals surface area contributed by atoms with E-state index in [4.69, 9.17) is 0 Å². The number of rotatable bonds is 2. The summed E-state index contributed by atoms with van der Waals surface area (Å²) in [4.78, 5) is 28.4. The summed E-state index contributed by atoms with van der Waals surface area (Å²) < 4.78 is 27.7. The lowest BCUT2D eigenvalue weighted by atomic mass is 9.96. The van der Waals surface area contributed by atoms with Crippen molar-refractivity contribution in [1.29, 1.82) is 0 Å². The van der Waals surface area contributed by atoms with Crippen molar-refractivity contribution in [3.8, 4) is 0 Å². The third-order valence-corrected chi connectivity index (χ3v) is 4.79. The van der Waals surface area contributed by atoms with Crippen LogP contribution in [0.3, 0.4) is 0 Å². The number of aromatic nitrogens is 6. The zero-order chi connectivity index (χ0) is 21.0. The highest BCUT2D eigenvalue weighted by Crippen LogP contribution is 2.33. The first-order valence-electron chi connectivity index (χ1n) is 9.30. The number of hydrogen-bond donors (Lipinski definition) is 0. The Labute approximate surface area is 166 Å². The van der Waals surface area contributed by atoms with E-state index in [9.17, 15) is 13.6 Å². The van der Waals surface area contributed by atoms with Crippen LogP contribution in [0.2, 0.25) is 0 Å². The summed E-state index contributed by atoms with van der Waals surface area (Å²) in [6.07, 6.45) is 1.33. The predicted octanol–water partition coefficient (Wildman–Crippen LogP) is 2.76. The van der Waals surface area contributed by atoms with Gasteiger partial charge >= 0.3 is 0 Å². The zero-order valence-corrected chi connectivity index (χ0v) is 16.6. The highest BCUT2D eigenvalue weighted by atomic mass is 19.3. The van der Waals surface area contributed by atoms with Gasteiger partial charge in [-0.25, -0.2) is 18.7 Å². The maximum atomic E-state index is 13.8. The number of pyridine rings is 1. The third-order valence-electron chi connectivity index (χ3n) is 4.79. The van der Waals surface area contributed by atoms with Gasteiger partial charge in [0.15, 0.2) is 11.3 Å². The average Bonchev–Trinajstić information content (AvgIpc) is 3.23. The molecule has 0 aliphatic carbocycles. The minimum absolute atomic E-state index is 0.144. The van der Waals surface area contributed by atoms with Gasteiger partial charge in [-0.05, 0) is 19.1 Å². The monoisotopic (exact) mass is 401 g/mol. The van der Waals surface area contributed by atoms with Gasteiger partial charge in [0.1, 0.15) is 5.82 Å². The van der Waals surface area contributed by atoms with Crippen molar-refractivity contribution in [2.24, 2.45) is 0 Å². The Morgan fingerprint density at radius 1 is 1.21 bits per heavy atom. The fourth-order valence-corrected chi connectivity index (χ4v) is 3.18. The SMILES string of the molecule is Cc1ncccc1C(=O)n1nc2nc(C(C)(C)C)nc(N3CCC(F)(F)C3)c2n1. The maximum absolute atomic E-state index is 13.8. The molecule has 29 heavy (non-hydrogen) atoms. The van der Waals surface area contributed by atoms with Gasteiger partial charge in [-0.1, -0.05) is 20.8 Å². The van der Waals surface area contributed by atoms with Crippen LogP contribution in [-0.2, 0) is 5.41 Å². The van der Waals surface area contributed by atoms with Gasteiger partial charge < -0.3 is 4.90 Å². The van der Waals surface area contributed by atoms with Crippen LogP contribution >= 0.6 is 0 Å². The largest absolute Gasteiger partial charge is 0.348 e. The number of fused-ring (bicyclic) bond motifs is 1. The van der Waals surface area contributed by atoms with Crippen molar-refractivity contribution in [1.82, 2.24) is 29.9 Å². The summed E-state index contributed by atoms with van der Waals surface area (Å²) in [6, 6.07) is 3.28. The van der Waals surface area contributed by atoms with Crippen molar-refractivity contribution < 1.29 is 13.6 Å². The molecular formula is C19H21F2N7O. The lowest BCUT2D eigenvalue weighted by molar-refractivity contribution is 0.0256. The molecule has 0 amide bonds. The fraction of sp³-hybridized carbons (Fsp3) is 0.474. The normalized spacial score (nSPS) is 16.6. The smallest absolute Gasteiger partial charge is 0.297 e. The molecule has 0 N–H and O–H groups in total. The first kappa shape index (κ1) is 19.3. The van der Waals surface area contributed by atoms with Gasteiger partial charge in [0, 0.05) is 24.6 Å². The Kier molecular flexibility index (Phi) is 4.32. The summed E-state index contributed by atoms with van der Waals surface area (Å²) >= 11 is 0. The molecular weight excluding hydrogens is 380 g/mol. The summed E-state index contributed by atoms with van der Waals surface area (Å²) in [5, 5.41) is 8.50. The maximum Gasteiger partial charge on any atom is 0.297 e. The molecule has 1 aliphatic rings. The lowest BCUT2D eigenvalue weighted by Gasteiger charge is -2.21. The number of carbonyl (C=O) groups is 1. The molecule has 1 aliphatic heterocycles. The van der Waals surface area contributed by atoms with Crippen LogP contribution in [0.4, 0.5) is 14.6 Å². The molecule has 152 valence electrons. The molecule has 8 nitrogen and oxygen atoms in total. The van der Waals surface area contributed by atoms with E-state index in [-0.39, 0.29) is 29.9 Å². The molecule has 0 radical (unpaired) electrons. The molecule has 10 heteroatoms. The van der Waals surface area contributed by atoms with Crippen molar-refractivity contribution in [3.05, 3.63) is 35.4 Å². The van der Waals surface area contributed by atoms with Crippen LogP contribution in [0, 0.1) is 6.92 Å². The zero-order valence-electron chi connectivity index (χ0n) is 16.6. The molecule has 0 unspecified atom stereocenters. The molecule has 3 aromatic heterocycles. The van der Waals surface area contributed by atoms with Crippen LogP contribution in [0.15, 0.2) is 18.3 Å². The van der Waals surface area contributed by atoms with E-state index in [1.165, 1.54) is 4.90 Å². The first-order chi connectivity index (χ1) is 13.5. The molecule has 1 saturated heterocycles. The van der Waals surface area contributed by atoms with Gasteiger partial charge in [-0.3, -0.25) is 9.78 Å². The highest BCUT2D eigenvalue weighted by molar-refractivity contribution is 5.97. The molecule has 0 spiro atoms. The summed E-state index contributed by atoms with van der Waals surface area (Å²) in [7, 11) is 0. The Morgan fingerprint density at radius 2 is 1.97 bits per heavy atom. The van der Waals surface area contributed by atoms with Gasteiger partial charge in [-0.2, -0.15) is 0 Å². The first-order valence-corrected chi connectivity index (χ1v) is 9.30. The van der Waals surface area contributed by atoms with Gasteiger partial charge in [0.25, 0.3) is 11.8 Å². The number of nitrogens with zero attached hydrogens (tertiary/aromatic N) is 7. The van der Waals surface area contributed by atoms with E-state index < -0.39 is 23.8 Å². The van der Waals surface area contributed by atoms with Crippen LogP contribution in [0.1, 0.15) is 49.1 Å². The van der Waals surface area contributed by atoms with Gasteiger partial charge in [0.2, 0.25) is 5.65 Å². The van der Waals surface area contributed by atoms with Crippen LogP contribution in [-0.4, -0.2) is 54.9 Å². The quantitative estimate of drug-likeness (QED) is 0.652. The Hall–Kier alpha value is -3.04. The lowest BCUT2D eigenvalue weighted by Crippen LogP contribution is -2.27. The molecule has 4 heterocycles. The van der Waals surface area contributed by atoms with E-state index in [1.54, 1.807) is 25.3 Å². The Balaban J connectivity index is 1.86. The second-order valence-electron chi connectivity index (χ2n) is 8.25. The van der Waals surface area contributed by atoms with Crippen LogP contribution in [0.25, 0.3) is 11.2 Å². The molecule has 4 rings (SSSR count). The standard InChI is InChI=1S/C19H21F2N7O/c1-11-12(6-5-8-22-11)16(29)28-25-13-14(26-28)23-17(18(2,3)4)24-15(13)27-9-7-19(20,21)10-27/h5-6,8H,7,9-10H2,1-4H3. The van der Waals surface area contributed by atoms with Crippen molar-refractivity contribution >= 4 is 22.9 Å². The van der Waals surface area contributed by atoms with Crippen molar-refractivity contribution in [2.45, 2.75) is 45.5 Å². The summed E-state index contributed by atoms with van der Waals surface area (Å²) in [5.41, 5.74) is 0.889. The van der Waals surface area contributed by atoms with E-state index in [0.717, 1.165) is 4.80 Å². The summed E-state index contributed by atoms with van der Waals surface area (Å²) in [6.45, 7) is 7.17. The number of anilines is 1. The third kappa shape index (κ3) is 3.54. The highest BCUT2D eigenvalue weighted by Gasteiger charge is 2.40. The fourth-order valence-electron chi connectivity index (χ4n) is 3.18. The van der Waals surface area contributed by atoms with E-state index in [1.807, 2.05) is 20.8 Å². The minimum atomic E-state index is -2.79. The van der Waals surface area contributed by atoms with Gasteiger partial charge in [0.05, 0.1) is 17.8 Å². The van der Waals surface area contributed by atoms with E-state index in [2.05, 4.69) is 25.1 Å². The second-order valence-corrected chi connectivity index (χ2v) is 8.25. The minimum Gasteiger partial charge on any atom is -0.348 e. The number of hydrogen-bond acceptors (Lipinski definition) is 7. The average molecular weight is 401 g/mol. The molecule has 0 saturated carbocycles. The number of halogens is 2. The number of aryl methyl sites for hydroxylation is 1. The molecule has 3 aromatic rings. The van der Waals surface area contributed by atoms with E-state index in [0.29, 0.717) is 17.1 Å². The Bertz CT molecular complexity index is 1100. The van der Waals surface area contributed by atoms with Gasteiger partial charge in [-0.15, -0.1) is 15.0 Å². The molecule has 0 aromatic carbocycles. The number of alkyl halides is 2. The summed E-state index contributed by atoms with van der Waals surface area (Å²) in [5.74, 6) is -2.53. The molecule has 0 bridgehead atoms. The van der Waals surface area contributed by atoms with Crippen molar-refractivity contribution in [2.75, 3.05) is 18.0 Å². The Morgan fingerprint density at radius 3 is 2.59 bits per heavy atom. The van der Waals surface area contributed by atoms with Crippen LogP contribution in [0.5, 0.6) is 0 Å². The second kappa shape index (κ2) is 6.50. The molecule has 1 fully saturated rings.